The van der Waals surface area contributed by atoms with E-state index < -0.39 is 35.8 Å². The summed E-state index contributed by atoms with van der Waals surface area (Å²) in [5.41, 5.74) is -0.605. The Bertz CT molecular complexity index is 1540. The van der Waals surface area contributed by atoms with Crippen LogP contribution in [-0.4, -0.2) is 57.8 Å². The standard InChI is InChI=1S/C25H23F6N7S/c1-36(2)23-35-21-20(39-23)19(16-6-3-14(9-18(16)26)25(29,30)31)33-22(34-21)37-8-7-24(27,28)17(12-37)13-10-32-38(11-13)15-4-5-15/h3,6,9-11,15,17H,4-5,7-8,12H2,1-2H3/t17-/m1/s1. The van der Waals surface area contributed by atoms with Crippen LogP contribution in [-0.2, 0) is 6.18 Å². The molecule has 0 spiro atoms. The smallest absolute Gasteiger partial charge is 0.354 e. The largest absolute Gasteiger partial charge is 0.416 e. The number of benzene rings is 1. The molecular weight excluding hydrogens is 544 g/mol. The molecule has 1 aliphatic carbocycles. The van der Waals surface area contributed by atoms with Crippen molar-refractivity contribution in [2.75, 3.05) is 37.0 Å². The summed E-state index contributed by atoms with van der Waals surface area (Å²) < 4.78 is 86.8. The number of thiazole rings is 1. The van der Waals surface area contributed by atoms with Gasteiger partial charge in [-0.2, -0.15) is 28.2 Å². The third kappa shape index (κ3) is 4.79. The van der Waals surface area contributed by atoms with Gasteiger partial charge in [-0.05, 0) is 31.0 Å². The number of alkyl halides is 5. The van der Waals surface area contributed by atoms with Crippen LogP contribution in [0.3, 0.4) is 0 Å². The van der Waals surface area contributed by atoms with Crippen LogP contribution in [0.4, 0.5) is 37.4 Å². The molecule has 4 heterocycles. The van der Waals surface area contributed by atoms with Gasteiger partial charge in [0.15, 0.2) is 10.8 Å². The maximum absolute atomic E-state index is 15.1. The molecule has 1 saturated carbocycles. The lowest BCUT2D eigenvalue weighted by Crippen LogP contribution is -2.46. The molecule has 1 aromatic carbocycles. The summed E-state index contributed by atoms with van der Waals surface area (Å²) in [6.07, 6.45) is -0.108. The van der Waals surface area contributed by atoms with Crippen LogP contribution < -0.4 is 9.80 Å². The summed E-state index contributed by atoms with van der Waals surface area (Å²) in [7, 11) is 3.51. The van der Waals surface area contributed by atoms with Gasteiger partial charge in [0.05, 0.1) is 29.4 Å². The van der Waals surface area contributed by atoms with E-state index in [4.69, 9.17) is 0 Å². The molecule has 1 atom stereocenters. The number of fused-ring (bicyclic) bond motifs is 1. The van der Waals surface area contributed by atoms with E-state index in [2.05, 4.69) is 20.1 Å². The summed E-state index contributed by atoms with van der Waals surface area (Å²) in [6.45, 7) is -0.181. The van der Waals surface area contributed by atoms with E-state index in [1.807, 2.05) is 0 Å². The molecule has 0 unspecified atom stereocenters. The number of piperidine rings is 1. The van der Waals surface area contributed by atoms with Gasteiger partial charge in [-0.3, -0.25) is 4.68 Å². The molecule has 7 nitrogen and oxygen atoms in total. The fourth-order valence-corrected chi connectivity index (χ4v) is 5.64. The van der Waals surface area contributed by atoms with Gasteiger partial charge in [-0.15, -0.1) is 0 Å². The average molecular weight is 568 g/mol. The molecule has 0 amide bonds. The first-order chi connectivity index (χ1) is 18.4. The summed E-state index contributed by atoms with van der Waals surface area (Å²) in [5, 5.41) is 4.79. The van der Waals surface area contributed by atoms with Crippen molar-refractivity contribution in [1.82, 2.24) is 24.7 Å². The number of hydrogen-bond donors (Lipinski definition) is 0. The normalized spacial score (nSPS) is 19.6. The minimum Gasteiger partial charge on any atom is -0.354 e. The second-order valence-electron chi connectivity index (χ2n) is 10.1. The van der Waals surface area contributed by atoms with Crippen LogP contribution in [0, 0.1) is 5.82 Å². The zero-order valence-electron chi connectivity index (χ0n) is 20.9. The molecule has 0 radical (unpaired) electrons. The number of hydrogen-bond acceptors (Lipinski definition) is 7. The Hall–Kier alpha value is -3.42. The van der Waals surface area contributed by atoms with Crippen LogP contribution in [0.2, 0.25) is 0 Å². The highest BCUT2D eigenvalue weighted by atomic mass is 32.1. The molecule has 2 fully saturated rings. The maximum atomic E-state index is 15.1. The van der Waals surface area contributed by atoms with E-state index in [0.29, 0.717) is 21.5 Å². The van der Waals surface area contributed by atoms with Crippen molar-refractivity contribution in [2.45, 2.75) is 43.3 Å². The summed E-state index contributed by atoms with van der Waals surface area (Å²) >= 11 is 1.16. The van der Waals surface area contributed by atoms with E-state index in [-0.39, 0.29) is 42.0 Å². The first-order valence-electron chi connectivity index (χ1n) is 12.3. The highest BCUT2D eigenvalue weighted by Crippen LogP contribution is 2.44. The molecule has 14 heteroatoms. The number of nitrogens with zero attached hydrogens (tertiary/aromatic N) is 7. The third-order valence-electron chi connectivity index (χ3n) is 7.02. The lowest BCUT2D eigenvalue weighted by molar-refractivity contribution is -0.137. The highest BCUT2D eigenvalue weighted by Gasteiger charge is 2.46. The van der Waals surface area contributed by atoms with Crippen molar-refractivity contribution >= 4 is 32.8 Å². The SMILES string of the molecule is CN(C)c1nc2nc(N3CCC(F)(F)[C@@H](c4cnn(C5CC5)c4)C3)nc(-c3ccc(C(F)(F)F)cc3F)c2s1. The first kappa shape index (κ1) is 25.8. The van der Waals surface area contributed by atoms with Gasteiger partial charge >= 0.3 is 6.18 Å². The fraction of sp³-hybridized carbons (Fsp3) is 0.440. The van der Waals surface area contributed by atoms with Crippen molar-refractivity contribution in [3.8, 4) is 11.3 Å². The number of aromatic nitrogens is 5. The van der Waals surface area contributed by atoms with Crippen molar-refractivity contribution in [3.05, 3.63) is 47.5 Å². The van der Waals surface area contributed by atoms with Crippen LogP contribution in [0.25, 0.3) is 21.6 Å². The van der Waals surface area contributed by atoms with Crippen molar-refractivity contribution in [2.24, 2.45) is 0 Å². The second-order valence-corrected chi connectivity index (χ2v) is 11.1. The summed E-state index contributed by atoms with van der Waals surface area (Å²) in [5.74, 6) is -5.20. The van der Waals surface area contributed by atoms with Crippen molar-refractivity contribution in [1.29, 1.82) is 0 Å². The Morgan fingerprint density at radius 1 is 1.10 bits per heavy atom. The van der Waals surface area contributed by atoms with Crippen LogP contribution in [0.15, 0.2) is 30.6 Å². The minimum absolute atomic E-state index is 0.0576. The lowest BCUT2D eigenvalue weighted by atomic mass is 9.89. The summed E-state index contributed by atoms with van der Waals surface area (Å²) in [6, 6.07) is 2.48. The van der Waals surface area contributed by atoms with E-state index >= 15 is 13.2 Å². The quantitative estimate of drug-likeness (QED) is 0.270. The van der Waals surface area contributed by atoms with Gasteiger partial charge in [0.1, 0.15) is 10.5 Å². The Balaban J connectivity index is 1.42. The zero-order chi connectivity index (χ0) is 27.7. The highest BCUT2D eigenvalue weighted by molar-refractivity contribution is 7.22. The monoisotopic (exact) mass is 567 g/mol. The Kier molecular flexibility index (Phi) is 6.01. The lowest BCUT2D eigenvalue weighted by Gasteiger charge is -2.38. The molecule has 206 valence electrons. The number of halogens is 6. The van der Waals surface area contributed by atoms with Gasteiger partial charge in [0, 0.05) is 50.9 Å². The van der Waals surface area contributed by atoms with E-state index in [9.17, 15) is 13.2 Å². The molecule has 1 aliphatic heterocycles. The van der Waals surface area contributed by atoms with E-state index in [1.165, 1.54) is 6.20 Å². The number of rotatable bonds is 5. The molecule has 39 heavy (non-hydrogen) atoms. The molecule has 0 N–H and O–H groups in total. The Morgan fingerprint density at radius 3 is 2.54 bits per heavy atom. The molecule has 2 aliphatic rings. The molecule has 1 saturated heterocycles. The Morgan fingerprint density at radius 2 is 1.87 bits per heavy atom. The van der Waals surface area contributed by atoms with Gasteiger partial charge in [-0.25, -0.2) is 18.2 Å². The predicted octanol–water partition coefficient (Wildman–Crippen LogP) is 6.14. The molecule has 3 aromatic heterocycles. The van der Waals surface area contributed by atoms with Gasteiger partial charge in [0.2, 0.25) is 5.95 Å². The molecular formula is C25H23F6N7S. The van der Waals surface area contributed by atoms with Gasteiger partial charge < -0.3 is 9.80 Å². The average Bonchev–Trinajstić information content (AvgIpc) is 3.43. The van der Waals surface area contributed by atoms with E-state index in [0.717, 1.165) is 36.3 Å². The first-order valence-corrected chi connectivity index (χ1v) is 13.1. The van der Waals surface area contributed by atoms with Crippen LogP contribution in [0.1, 0.15) is 42.3 Å². The third-order valence-corrected chi connectivity index (χ3v) is 8.24. The fourth-order valence-electron chi connectivity index (χ4n) is 4.71. The zero-order valence-corrected chi connectivity index (χ0v) is 21.7. The molecule has 4 aromatic rings. The minimum atomic E-state index is -4.71. The summed E-state index contributed by atoms with van der Waals surface area (Å²) in [4.78, 5) is 16.8. The maximum Gasteiger partial charge on any atom is 0.416 e. The second kappa shape index (κ2) is 9.07. The predicted molar refractivity (Wildman–Crippen MR) is 135 cm³/mol. The molecule has 6 rings (SSSR count). The van der Waals surface area contributed by atoms with Gasteiger partial charge in [0.25, 0.3) is 5.92 Å². The van der Waals surface area contributed by atoms with Crippen molar-refractivity contribution < 1.29 is 26.3 Å². The molecule has 0 bridgehead atoms. The van der Waals surface area contributed by atoms with E-state index in [1.54, 1.807) is 34.8 Å². The topological polar surface area (TPSA) is 63.0 Å². The van der Waals surface area contributed by atoms with Gasteiger partial charge in [-0.1, -0.05) is 11.3 Å². The Labute approximate surface area is 223 Å². The van der Waals surface area contributed by atoms with Crippen LogP contribution >= 0.6 is 11.3 Å². The van der Waals surface area contributed by atoms with Crippen LogP contribution in [0.5, 0.6) is 0 Å². The number of anilines is 2. The van der Waals surface area contributed by atoms with Crippen molar-refractivity contribution in [3.63, 3.8) is 0 Å².